The molecule has 1 aromatic heterocycles. The Morgan fingerprint density at radius 2 is 1.96 bits per heavy atom. The Bertz CT molecular complexity index is 946. The highest BCUT2D eigenvalue weighted by molar-refractivity contribution is 8.00. The van der Waals surface area contributed by atoms with Crippen LogP contribution >= 0.6 is 23.1 Å². The number of thioether (sulfide) groups is 1. The van der Waals surface area contributed by atoms with Crippen molar-refractivity contribution in [1.29, 1.82) is 0 Å². The monoisotopic (exact) mass is 404 g/mol. The van der Waals surface area contributed by atoms with Crippen LogP contribution < -0.4 is 14.8 Å². The van der Waals surface area contributed by atoms with Crippen LogP contribution in [0.2, 0.25) is 0 Å². The van der Waals surface area contributed by atoms with Crippen molar-refractivity contribution < 1.29 is 18.7 Å². The van der Waals surface area contributed by atoms with E-state index in [1.807, 2.05) is 17.5 Å². The van der Waals surface area contributed by atoms with E-state index in [2.05, 4.69) is 10.3 Å². The van der Waals surface area contributed by atoms with E-state index in [-0.39, 0.29) is 17.5 Å². The molecule has 0 saturated heterocycles. The number of carbonyl (C=O) groups is 1. The Balaban J connectivity index is 1.64. The van der Waals surface area contributed by atoms with Crippen LogP contribution in [0.5, 0.6) is 11.5 Å². The molecule has 3 aromatic rings. The molecule has 0 aliphatic carbocycles. The number of amides is 1. The third-order valence-electron chi connectivity index (χ3n) is 3.63. The fourth-order valence-electron chi connectivity index (χ4n) is 2.32. The summed E-state index contributed by atoms with van der Waals surface area (Å²) in [6.07, 6.45) is 0. The fraction of sp³-hybridized carbons (Fsp3) is 0.158. The molecule has 140 valence electrons. The van der Waals surface area contributed by atoms with Gasteiger partial charge in [0.25, 0.3) is 0 Å². The average Bonchev–Trinajstić information content (AvgIpc) is 3.15. The lowest BCUT2D eigenvalue weighted by Crippen LogP contribution is -2.13. The van der Waals surface area contributed by atoms with Crippen molar-refractivity contribution in [3.05, 3.63) is 53.7 Å². The molecule has 0 saturated carbocycles. The standard InChI is InChI=1S/C19H17FN2O3S2/c1-24-15-8-7-12(9-16(15)25-2)14-10-27-19(21-14)22-18(23)11-26-17-6-4-3-5-13(17)20/h3-10H,11H2,1-2H3,(H,21,22,23). The fourth-order valence-corrected chi connectivity index (χ4v) is 3.80. The Hall–Kier alpha value is -2.58. The maximum absolute atomic E-state index is 13.6. The van der Waals surface area contributed by atoms with Crippen LogP contribution in [0.3, 0.4) is 0 Å². The zero-order valence-electron chi connectivity index (χ0n) is 14.7. The molecule has 8 heteroatoms. The Morgan fingerprint density at radius 3 is 2.70 bits per heavy atom. The molecule has 0 atom stereocenters. The summed E-state index contributed by atoms with van der Waals surface area (Å²) in [4.78, 5) is 17.0. The normalized spacial score (nSPS) is 10.5. The van der Waals surface area contributed by atoms with E-state index >= 15 is 0 Å². The van der Waals surface area contributed by atoms with E-state index in [4.69, 9.17) is 9.47 Å². The summed E-state index contributed by atoms with van der Waals surface area (Å²) in [5, 5.41) is 5.08. The van der Waals surface area contributed by atoms with Gasteiger partial charge in [0.15, 0.2) is 16.6 Å². The molecule has 1 amide bonds. The molecule has 0 spiro atoms. The molecule has 0 radical (unpaired) electrons. The quantitative estimate of drug-likeness (QED) is 0.579. The number of rotatable bonds is 7. The van der Waals surface area contributed by atoms with Crippen molar-refractivity contribution in [2.75, 3.05) is 25.3 Å². The van der Waals surface area contributed by atoms with E-state index in [0.29, 0.717) is 21.5 Å². The molecule has 0 aliphatic rings. The molecule has 0 bridgehead atoms. The van der Waals surface area contributed by atoms with E-state index in [9.17, 15) is 9.18 Å². The number of carbonyl (C=O) groups excluding carboxylic acids is 1. The molecule has 1 heterocycles. The van der Waals surface area contributed by atoms with Gasteiger partial charge < -0.3 is 14.8 Å². The topological polar surface area (TPSA) is 60.5 Å². The number of ether oxygens (including phenoxy) is 2. The van der Waals surface area contributed by atoms with Crippen molar-refractivity contribution in [1.82, 2.24) is 4.98 Å². The molecule has 2 aromatic carbocycles. The van der Waals surface area contributed by atoms with Crippen LogP contribution in [-0.4, -0.2) is 30.9 Å². The van der Waals surface area contributed by atoms with Crippen LogP contribution in [-0.2, 0) is 4.79 Å². The summed E-state index contributed by atoms with van der Waals surface area (Å²) in [6, 6.07) is 11.9. The minimum atomic E-state index is -0.333. The molecule has 0 unspecified atom stereocenters. The molecular weight excluding hydrogens is 387 g/mol. The van der Waals surface area contributed by atoms with Crippen LogP contribution in [0.1, 0.15) is 0 Å². The van der Waals surface area contributed by atoms with Crippen molar-refractivity contribution in [3.63, 3.8) is 0 Å². The van der Waals surface area contributed by atoms with Gasteiger partial charge in [0.1, 0.15) is 5.82 Å². The molecular formula is C19H17FN2O3S2. The molecule has 5 nitrogen and oxygen atoms in total. The second kappa shape index (κ2) is 8.88. The molecule has 3 rings (SSSR count). The number of halogens is 1. The lowest BCUT2D eigenvalue weighted by atomic mass is 10.1. The number of anilines is 1. The third-order valence-corrected chi connectivity index (χ3v) is 5.43. The van der Waals surface area contributed by atoms with E-state index < -0.39 is 0 Å². The second-order valence-corrected chi connectivity index (χ2v) is 7.25. The van der Waals surface area contributed by atoms with Crippen LogP contribution in [0.15, 0.2) is 52.7 Å². The smallest absolute Gasteiger partial charge is 0.236 e. The average molecular weight is 404 g/mol. The first kappa shape index (κ1) is 19.2. The number of hydrogen-bond acceptors (Lipinski definition) is 6. The summed E-state index contributed by atoms with van der Waals surface area (Å²) in [5.41, 5.74) is 1.57. The number of thiazole rings is 1. The number of hydrogen-bond donors (Lipinski definition) is 1. The van der Waals surface area contributed by atoms with Gasteiger partial charge in [0.05, 0.1) is 25.7 Å². The van der Waals surface area contributed by atoms with Gasteiger partial charge in [-0.15, -0.1) is 23.1 Å². The largest absolute Gasteiger partial charge is 0.493 e. The summed E-state index contributed by atoms with van der Waals surface area (Å²) in [6.45, 7) is 0. The highest BCUT2D eigenvalue weighted by atomic mass is 32.2. The van der Waals surface area contributed by atoms with Crippen molar-refractivity contribution in [2.24, 2.45) is 0 Å². The first-order valence-electron chi connectivity index (χ1n) is 7.96. The number of aromatic nitrogens is 1. The van der Waals surface area contributed by atoms with Crippen LogP contribution in [0.25, 0.3) is 11.3 Å². The Labute approximate surface area is 164 Å². The molecule has 1 N–H and O–H groups in total. The molecule has 27 heavy (non-hydrogen) atoms. The third kappa shape index (κ3) is 4.78. The zero-order valence-corrected chi connectivity index (χ0v) is 16.3. The summed E-state index contributed by atoms with van der Waals surface area (Å²) >= 11 is 2.47. The lowest BCUT2D eigenvalue weighted by molar-refractivity contribution is -0.113. The number of benzene rings is 2. The first-order chi connectivity index (χ1) is 13.1. The molecule has 0 fully saturated rings. The number of nitrogens with zero attached hydrogens (tertiary/aromatic N) is 1. The predicted molar refractivity (Wildman–Crippen MR) is 106 cm³/mol. The second-order valence-electron chi connectivity index (χ2n) is 5.37. The maximum Gasteiger partial charge on any atom is 0.236 e. The predicted octanol–water partition coefficient (Wildman–Crippen LogP) is 4.70. The first-order valence-corrected chi connectivity index (χ1v) is 9.82. The Morgan fingerprint density at radius 1 is 1.19 bits per heavy atom. The Kier molecular flexibility index (Phi) is 6.31. The summed E-state index contributed by atoms with van der Waals surface area (Å²) < 4.78 is 24.1. The minimum Gasteiger partial charge on any atom is -0.493 e. The van der Waals surface area contributed by atoms with Gasteiger partial charge in [-0.1, -0.05) is 12.1 Å². The van der Waals surface area contributed by atoms with E-state index in [0.717, 1.165) is 23.0 Å². The van der Waals surface area contributed by atoms with Crippen LogP contribution in [0, 0.1) is 5.82 Å². The van der Waals surface area contributed by atoms with Gasteiger partial charge in [-0.2, -0.15) is 0 Å². The number of methoxy groups -OCH3 is 2. The number of nitrogens with one attached hydrogen (secondary N) is 1. The molecule has 0 aliphatic heterocycles. The summed E-state index contributed by atoms with van der Waals surface area (Å²) in [5.74, 6) is 0.772. The summed E-state index contributed by atoms with van der Waals surface area (Å²) in [7, 11) is 3.15. The van der Waals surface area contributed by atoms with Gasteiger partial charge >= 0.3 is 0 Å². The SMILES string of the molecule is COc1ccc(-c2csc(NC(=O)CSc3ccccc3F)n2)cc1OC. The highest BCUT2D eigenvalue weighted by Gasteiger charge is 2.12. The minimum absolute atomic E-state index is 0.103. The van der Waals surface area contributed by atoms with E-state index in [1.54, 1.807) is 38.5 Å². The van der Waals surface area contributed by atoms with Gasteiger partial charge in [0, 0.05) is 15.8 Å². The zero-order chi connectivity index (χ0) is 19.2. The van der Waals surface area contributed by atoms with Crippen molar-refractivity contribution in [2.45, 2.75) is 4.90 Å². The van der Waals surface area contributed by atoms with Crippen molar-refractivity contribution >= 4 is 34.1 Å². The van der Waals surface area contributed by atoms with E-state index in [1.165, 1.54) is 17.4 Å². The highest BCUT2D eigenvalue weighted by Crippen LogP contribution is 2.33. The van der Waals surface area contributed by atoms with Crippen molar-refractivity contribution in [3.8, 4) is 22.8 Å². The lowest BCUT2D eigenvalue weighted by Gasteiger charge is -2.08. The van der Waals surface area contributed by atoms with Crippen LogP contribution in [0.4, 0.5) is 9.52 Å². The van der Waals surface area contributed by atoms with Gasteiger partial charge in [-0.3, -0.25) is 4.79 Å². The van der Waals surface area contributed by atoms with Gasteiger partial charge in [-0.25, -0.2) is 9.37 Å². The van der Waals surface area contributed by atoms with Gasteiger partial charge in [-0.05, 0) is 30.3 Å². The van der Waals surface area contributed by atoms with Gasteiger partial charge in [0.2, 0.25) is 5.91 Å². The maximum atomic E-state index is 13.6.